The van der Waals surface area contributed by atoms with Crippen LogP contribution >= 0.6 is 11.6 Å². The molecule has 0 heterocycles. The van der Waals surface area contributed by atoms with E-state index >= 15 is 0 Å². The molecule has 0 saturated carbocycles. The number of nitrogens with two attached hydrogens (primary N) is 2. The minimum absolute atomic E-state index is 0.0419. The summed E-state index contributed by atoms with van der Waals surface area (Å²) in [6.45, 7) is 0.498. The summed E-state index contributed by atoms with van der Waals surface area (Å²) in [6.07, 6.45) is 1.91. The van der Waals surface area contributed by atoms with Crippen LogP contribution in [0.1, 0.15) is 24.8 Å². The van der Waals surface area contributed by atoms with Crippen LogP contribution in [0.4, 0.5) is 0 Å². The first kappa shape index (κ1) is 16.6. The average Bonchev–Trinajstić information content (AvgIpc) is 2.45. The average molecular weight is 299 g/mol. The first-order chi connectivity index (χ1) is 9.56. The van der Waals surface area contributed by atoms with Gasteiger partial charge in [-0.1, -0.05) is 36.2 Å². The van der Waals surface area contributed by atoms with Gasteiger partial charge in [0.15, 0.2) is 0 Å². The molecule has 0 aliphatic carbocycles. The van der Waals surface area contributed by atoms with E-state index < -0.39 is 17.8 Å². The molecule has 0 aromatic heterocycles. The lowest BCUT2D eigenvalue weighted by atomic mass is 10.1. The fraction of sp³-hybridized carbons (Fsp3) is 0.429. The molecule has 0 spiro atoms. The Labute approximate surface area is 123 Å². The van der Waals surface area contributed by atoms with Gasteiger partial charge < -0.3 is 16.2 Å². The van der Waals surface area contributed by atoms with Gasteiger partial charge in [0.2, 0.25) is 0 Å². The van der Waals surface area contributed by atoms with E-state index in [9.17, 15) is 9.59 Å². The van der Waals surface area contributed by atoms with Crippen LogP contribution in [0.3, 0.4) is 0 Å². The number of carbonyl (C=O) groups excluding carboxylic acids is 2. The fourth-order valence-corrected chi connectivity index (χ4v) is 1.81. The number of benzene rings is 1. The van der Waals surface area contributed by atoms with E-state index in [2.05, 4.69) is 0 Å². The van der Waals surface area contributed by atoms with Crippen molar-refractivity contribution in [3.05, 3.63) is 34.9 Å². The molecule has 4 N–H and O–H groups in total. The molecule has 1 rings (SSSR count). The Kier molecular flexibility index (Phi) is 7.22. The zero-order valence-corrected chi connectivity index (χ0v) is 11.9. The number of hydrogen-bond acceptors (Lipinski definition) is 5. The van der Waals surface area contributed by atoms with E-state index in [1.54, 1.807) is 24.3 Å². The van der Waals surface area contributed by atoms with Gasteiger partial charge in [-0.05, 0) is 25.5 Å². The molecule has 1 aromatic carbocycles. The minimum atomic E-state index is -0.926. The standard InChI is InChI=1S/C14H19ClN2O3/c15-11-6-2-1-5-10(11)9-20-14(19)13(18)12(17)7-3-4-8-16/h1-2,5-6,12H,3-4,7-9,16-17H2/t12-/m0/s1. The Morgan fingerprint density at radius 2 is 1.95 bits per heavy atom. The zero-order valence-electron chi connectivity index (χ0n) is 11.2. The van der Waals surface area contributed by atoms with E-state index in [1.807, 2.05) is 0 Å². The van der Waals surface area contributed by atoms with Crippen LogP contribution in [0.15, 0.2) is 24.3 Å². The highest BCUT2D eigenvalue weighted by atomic mass is 35.5. The number of esters is 1. The second-order valence-corrected chi connectivity index (χ2v) is 4.83. The first-order valence-electron chi connectivity index (χ1n) is 6.46. The lowest BCUT2D eigenvalue weighted by Gasteiger charge is -2.10. The quantitative estimate of drug-likeness (QED) is 0.430. The van der Waals surface area contributed by atoms with Crippen LogP contribution < -0.4 is 11.5 Å². The summed E-state index contributed by atoms with van der Waals surface area (Å²) in [4.78, 5) is 23.3. The number of unbranched alkanes of at least 4 members (excludes halogenated alkanes) is 1. The molecule has 0 aliphatic rings. The third-order valence-electron chi connectivity index (χ3n) is 2.82. The van der Waals surface area contributed by atoms with Crippen molar-refractivity contribution in [3.8, 4) is 0 Å². The zero-order chi connectivity index (χ0) is 15.0. The van der Waals surface area contributed by atoms with Crippen molar-refractivity contribution < 1.29 is 14.3 Å². The maximum atomic E-state index is 11.7. The van der Waals surface area contributed by atoms with Crippen LogP contribution in [0.5, 0.6) is 0 Å². The van der Waals surface area contributed by atoms with Gasteiger partial charge in [-0.2, -0.15) is 0 Å². The molecule has 110 valence electrons. The second kappa shape index (κ2) is 8.68. The lowest BCUT2D eigenvalue weighted by molar-refractivity contribution is -0.155. The van der Waals surface area contributed by atoms with Crippen LogP contribution in [0.25, 0.3) is 0 Å². The molecule has 0 fully saturated rings. The lowest BCUT2D eigenvalue weighted by Crippen LogP contribution is -2.37. The van der Waals surface area contributed by atoms with Crippen LogP contribution in [0.2, 0.25) is 5.02 Å². The molecule has 0 saturated heterocycles. The van der Waals surface area contributed by atoms with Gasteiger partial charge in [-0.25, -0.2) is 4.79 Å². The highest BCUT2D eigenvalue weighted by Crippen LogP contribution is 2.15. The van der Waals surface area contributed by atoms with E-state index in [0.29, 0.717) is 30.0 Å². The molecule has 0 bridgehead atoms. The van der Waals surface area contributed by atoms with Crippen LogP contribution in [-0.4, -0.2) is 24.3 Å². The van der Waals surface area contributed by atoms with E-state index in [1.165, 1.54) is 0 Å². The number of rotatable bonds is 8. The maximum Gasteiger partial charge on any atom is 0.376 e. The summed E-state index contributed by atoms with van der Waals surface area (Å²) < 4.78 is 4.92. The summed E-state index contributed by atoms with van der Waals surface area (Å²) in [5.74, 6) is -1.64. The predicted molar refractivity (Wildman–Crippen MR) is 77.1 cm³/mol. The van der Waals surface area contributed by atoms with Crippen molar-refractivity contribution in [1.82, 2.24) is 0 Å². The SMILES string of the molecule is NCCCC[C@H](N)C(=O)C(=O)OCc1ccccc1Cl. The predicted octanol–water partition coefficient (Wildman–Crippen LogP) is 1.41. The summed E-state index contributed by atoms with van der Waals surface area (Å²) in [6, 6.07) is 6.12. The summed E-state index contributed by atoms with van der Waals surface area (Å²) >= 11 is 5.92. The summed E-state index contributed by atoms with van der Waals surface area (Å²) in [5.41, 5.74) is 11.6. The monoisotopic (exact) mass is 298 g/mol. The minimum Gasteiger partial charge on any atom is -0.455 e. The van der Waals surface area contributed by atoms with E-state index in [-0.39, 0.29) is 6.61 Å². The topological polar surface area (TPSA) is 95.4 Å². The molecular weight excluding hydrogens is 280 g/mol. The molecule has 1 atom stereocenters. The highest BCUT2D eigenvalue weighted by molar-refractivity contribution is 6.35. The molecule has 0 aliphatic heterocycles. The molecule has 0 unspecified atom stereocenters. The van der Waals surface area contributed by atoms with Gasteiger partial charge in [0.1, 0.15) is 6.61 Å². The van der Waals surface area contributed by atoms with Crippen LogP contribution in [-0.2, 0) is 20.9 Å². The number of ketones is 1. The summed E-state index contributed by atoms with van der Waals surface area (Å²) in [5, 5.41) is 0.486. The van der Waals surface area contributed by atoms with Gasteiger partial charge in [0.05, 0.1) is 6.04 Å². The van der Waals surface area contributed by atoms with Crippen molar-refractivity contribution in [2.24, 2.45) is 11.5 Å². The van der Waals surface area contributed by atoms with E-state index in [4.69, 9.17) is 27.8 Å². The van der Waals surface area contributed by atoms with E-state index in [0.717, 1.165) is 6.42 Å². The van der Waals surface area contributed by atoms with Gasteiger partial charge >= 0.3 is 5.97 Å². The molecule has 6 heteroatoms. The number of ether oxygens (including phenoxy) is 1. The molecule has 20 heavy (non-hydrogen) atoms. The second-order valence-electron chi connectivity index (χ2n) is 4.42. The Morgan fingerprint density at radius 1 is 1.25 bits per heavy atom. The molecule has 0 radical (unpaired) electrons. The van der Waals surface area contributed by atoms with Crippen molar-refractivity contribution in [2.45, 2.75) is 31.9 Å². The first-order valence-corrected chi connectivity index (χ1v) is 6.84. The van der Waals surface area contributed by atoms with Gasteiger partial charge in [-0.15, -0.1) is 0 Å². The maximum absolute atomic E-state index is 11.7. The highest BCUT2D eigenvalue weighted by Gasteiger charge is 2.23. The van der Waals surface area contributed by atoms with Gasteiger partial charge in [0.25, 0.3) is 5.78 Å². The van der Waals surface area contributed by atoms with Crippen molar-refractivity contribution in [3.63, 3.8) is 0 Å². The third-order valence-corrected chi connectivity index (χ3v) is 3.19. The number of carbonyl (C=O) groups is 2. The molecular formula is C14H19ClN2O3. The van der Waals surface area contributed by atoms with Crippen LogP contribution in [0, 0.1) is 0 Å². The van der Waals surface area contributed by atoms with Gasteiger partial charge in [0, 0.05) is 10.6 Å². The number of halogens is 1. The molecule has 0 amide bonds. The Hall–Kier alpha value is -1.43. The third kappa shape index (κ3) is 5.28. The van der Waals surface area contributed by atoms with Crippen molar-refractivity contribution >= 4 is 23.4 Å². The fourth-order valence-electron chi connectivity index (χ4n) is 1.62. The number of hydrogen-bond donors (Lipinski definition) is 2. The molecule has 1 aromatic rings. The summed E-state index contributed by atoms with van der Waals surface area (Å²) in [7, 11) is 0. The van der Waals surface area contributed by atoms with Crippen molar-refractivity contribution in [1.29, 1.82) is 0 Å². The normalized spacial score (nSPS) is 11.9. The number of Topliss-reactive ketones (excluding diaryl/α,β-unsaturated/α-hetero) is 1. The van der Waals surface area contributed by atoms with Crippen molar-refractivity contribution in [2.75, 3.05) is 6.54 Å². The molecule has 5 nitrogen and oxygen atoms in total. The Morgan fingerprint density at radius 3 is 2.60 bits per heavy atom. The Bertz CT molecular complexity index is 465. The van der Waals surface area contributed by atoms with Gasteiger partial charge in [-0.3, -0.25) is 4.79 Å². The largest absolute Gasteiger partial charge is 0.455 e. The smallest absolute Gasteiger partial charge is 0.376 e. The Balaban J connectivity index is 2.42.